The van der Waals surface area contributed by atoms with Gasteiger partial charge < -0.3 is 15.5 Å². The molecule has 0 aromatic heterocycles. The molecule has 0 spiro atoms. The Balaban J connectivity index is 2.36. The summed E-state index contributed by atoms with van der Waals surface area (Å²) in [5, 5.41) is 20.9. The highest BCUT2D eigenvalue weighted by Crippen LogP contribution is 2.23. The summed E-state index contributed by atoms with van der Waals surface area (Å²) in [6.07, 6.45) is 0. The molecule has 5 nitrogen and oxygen atoms in total. The molecule has 0 aliphatic heterocycles. The van der Waals surface area contributed by atoms with E-state index in [0.29, 0.717) is 5.56 Å². The minimum Gasteiger partial charge on any atom is -0.507 e. The number of benzene rings is 2. The van der Waals surface area contributed by atoms with Gasteiger partial charge >= 0.3 is 5.97 Å². The molecule has 0 aliphatic carbocycles. The van der Waals surface area contributed by atoms with Gasteiger partial charge in [0.05, 0.1) is 5.56 Å². The van der Waals surface area contributed by atoms with Gasteiger partial charge in [-0.1, -0.05) is 12.1 Å². The quantitative estimate of drug-likeness (QED) is 0.811. The van der Waals surface area contributed by atoms with Crippen LogP contribution >= 0.6 is 0 Å². The van der Waals surface area contributed by atoms with E-state index in [-0.39, 0.29) is 11.3 Å². The number of amides is 1. The summed E-state index contributed by atoms with van der Waals surface area (Å²) in [6, 6.07) is 7.72. The largest absolute Gasteiger partial charge is 0.507 e. The number of phenols is 1. The van der Waals surface area contributed by atoms with Crippen molar-refractivity contribution in [3.05, 3.63) is 58.9 Å². The lowest BCUT2D eigenvalue weighted by Gasteiger charge is -2.10. The molecule has 2 rings (SSSR count). The van der Waals surface area contributed by atoms with Gasteiger partial charge in [-0.3, -0.25) is 4.79 Å². The average Bonchev–Trinajstić information content (AvgIpc) is 2.40. The summed E-state index contributed by atoms with van der Waals surface area (Å²) in [5.74, 6) is -3.34. The van der Waals surface area contributed by atoms with Gasteiger partial charge in [-0.25, -0.2) is 9.18 Å². The van der Waals surface area contributed by atoms with Crippen molar-refractivity contribution in [2.45, 2.75) is 6.92 Å². The molecule has 2 aromatic rings. The molecule has 0 saturated carbocycles. The molecule has 108 valence electrons. The van der Waals surface area contributed by atoms with Gasteiger partial charge in [0.2, 0.25) is 0 Å². The van der Waals surface area contributed by atoms with E-state index < -0.39 is 29.0 Å². The Morgan fingerprint density at radius 3 is 2.52 bits per heavy atom. The maximum Gasteiger partial charge on any atom is 0.335 e. The first-order chi connectivity index (χ1) is 9.90. The van der Waals surface area contributed by atoms with Crippen molar-refractivity contribution in [3.8, 4) is 5.75 Å². The number of hydrogen-bond acceptors (Lipinski definition) is 3. The molecule has 2 aromatic carbocycles. The van der Waals surface area contributed by atoms with Crippen molar-refractivity contribution in [2.75, 3.05) is 5.32 Å². The summed E-state index contributed by atoms with van der Waals surface area (Å²) in [6.45, 7) is 1.67. The number of carbonyl (C=O) groups excluding carboxylic acids is 1. The Morgan fingerprint density at radius 2 is 1.90 bits per heavy atom. The summed E-state index contributed by atoms with van der Waals surface area (Å²) < 4.78 is 13.6. The van der Waals surface area contributed by atoms with Crippen LogP contribution in [0, 0.1) is 12.7 Å². The Labute approximate surface area is 119 Å². The van der Waals surface area contributed by atoms with Crippen molar-refractivity contribution in [2.24, 2.45) is 0 Å². The summed E-state index contributed by atoms with van der Waals surface area (Å²) in [5.41, 5.74) is 0.359. The van der Waals surface area contributed by atoms with Crippen molar-refractivity contribution in [1.82, 2.24) is 0 Å². The van der Waals surface area contributed by atoms with Gasteiger partial charge in [0, 0.05) is 5.69 Å². The minimum absolute atomic E-state index is 0.00587. The fourth-order valence-electron chi connectivity index (χ4n) is 1.81. The number of carbonyl (C=O) groups is 2. The lowest BCUT2D eigenvalue weighted by atomic mass is 10.1. The first-order valence-corrected chi connectivity index (χ1v) is 6.03. The summed E-state index contributed by atoms with van der Waals surface area (Å²) >= 11 is 0. The Morgan fingerprint density at radius 1 is 1.19 bits per heavy atom. The van der Waals surface area contributed by atoms with Crippen molar-refractivity contribution in [3.63, 3.8) is 0 Å². The number of aromatic carboxylic acids is 1. The van der Waals surface area contributed by atoms with Crippen LogP contribution in [0.4, 0.5) is 10.1 Å². The third-order valence-corrected chi connectivity index (χ3v) is 2.95. The lowest BCUT2D eigenvalue weighted by molar-refractivity contribution is 0.0696. The van der Waals surface area contributed by atoms with Crippen molar-refractivity contribution in [1.29, 1.82) is 0 Å². The van der Waals surface area contributed by atoms with Gasteiger partial charge in [0.25, 0.3) is 5.91 Å². The lowest BCUT2D eigenvalue weighted by Crippen LogP contribution is -2.15. The van der Waals surface area contributed by atoms with E-state index in [9.17, 15) is 19.1 Å². The van der Waals surface area contributed by atoms with Crippen LogP contribution in [0.15, 0.2) is 36.4 Å². The summed E-state index contributed by atoms with van der Waals surface area (Å²) in [4.78, 5) is 22.9. The fraction of sp³-hybridized carbons (Fsp3) is 0.0667. The molecule has 0 bridgehead atoms. The van der Waals surface area contributed by atoms with E-state index in [1.807, 2.05) is 0 Å². The number of aromatic hydroxyl groups is 1. The van der Waals surface area contributed by atoms with Gasteiger partial charge in [0.1, 0.15) is 17.1 Å². The molecular weight excluding hydrogens is 277 g/mol. The number of nitrogens with one attached hydrogen (secondary N) is 1. The topological polar surface area (TPSA) is 86.6 Å². The van der Waals surface area contributed by atoms with Crippen LogP contribution in [0.1, 0.15) is 26.3 Å². The van der Waals surface area contributed by atoms with Gasteiger partial charge in [-0.05, 0) is 36.8 Å². The zero-order valence-corrected chi connectivity index (χ0v) is 11.1. The van der Waals surface area contributed by atoms with Gasteiger partial charge in [0.15, 0.2) is 0 Å². The van der Waals surface area contributed by atoms with Crippen LogP contribution in [-0.4, -0.2) is 22.1 Å². The van der Waals surface area contributed by atoms with E-state index in [4.69, 9.17) is 5.11 Å². The standard InChI is InChI=1S/C15H12FNO4/c1-8-5-6-9(15(20)21)7-11(8)17-14(19)13-10(16)3-2-4-12(13)18/h2-7,18H,1H3,(H,17,19)(H,20,21). The molecule has 0 heterocycles. The summed E-state index contributed by atoms with van der Waals surface area (Å²) in [7, 11) is 0. The van der Waals surface area contributed by atoms with E-state index in [2.05, 4.69) is 5.32 Å². The zero-order chi connectivity index (χ0) is 15.6. The van der Waals surface area contributed by atoms with Crippen LogP contribution in [-0.2, 0) is 0 Å². The number of halogens is 1. The number of phenolic OH excluding ortho intramolecular Hbond substituents is 1. The number of hydrogen-bond donors (Lipinski definition) is 3. The second-order valence-corrected chi connectivity index (χ2v) is 4.42. The van der Waals surface area contributed by atoms with Crippen molar-refractivity contribution < 1.29 is 24.2 Å². The Bertz CT molecular complexity index is 707. The molecule has 0 fully saturated rings. The van der Waals surface area contributed by atoms with Crippen LogP contribution in [0.25, 0.3) is 0 Å². The maximum atomic E-state index is 13.6. The highest BCUT2D eigenvalue weighted by atomic mass is 19.1. The smallest absolute Gasteiger partial charge is 0.335 e. The highest BCUT2D eigenvalue weighted by Gasteiger charge is 2.17. The van der Waals surface area contributed by atoms with Gasteiger partial charge in [-0.2, -0.15) is 0 Å². The SMILES string of the molecule is Cc1ccc(C(=O)O)cc1NC(=O)c1c(O)cccc1F. The fourth-order valence-corrected chi connectivity index (χ4v) is 1.81. The minimum atomic E-state index is -1.14. The van der Waals surface area contributed by atoms with E-state index >= 15 is 0 Å². The first-order valence-electron chi connectivity index (χ1n) is 6.03. The molecular formula is C15H12FNO4. The number of anilines is 1. The Hall–Kier alpha value is -2.89. The number of rotatable bonds is 3. The molecule has 1 amide bonds. The van der Waals surface area contributed by atoms with E-state index in [0.717, 1.165) is 6.07 Å². The second-order valence-electron chi connectivity index (χ2n) is 4.42. The average molecular weight is 289 g/mol. The molecule has 3 N–H and O–H groups in total. The van der Waals surface area contributed by atoms with Crippen molar-refractivity contribution >= 4 is 17.6 Å². The molecule has 0 saturated heterocycles. The predicted molar refractivity (Wildman–Crippen MR) is 74.2 cm³/mol. The molecule has 21 heavy (non-hydrogen) atoms. The van der Waals surface area contributed by atoms with Crippen LogP contribution in [0.3, 0.4) is 0 Å². The van der Waals surface area contributed by atoms with E-state index in [1.165, 1.54) is 30.3 Å². The van der Waals surface area contributed by atoms with Crippen LogP contribution in [0.5, 0.6) is 5.75 Å². The Kier molecular flexibility index (Phi) is 3.89. The third-order valence-electron chi connectivity index (χ3n) is 2.95. The van der Waals surface area contributed by atoms with E-state index in [1.54, 1.807) is 6.92 Å². The van der Waals surface area contributed by atoms with Gasteiger partial charge in [-0.15, -0.1) is 0 Å². The normalized spacial score (nSPS) is 10.2. The van der Waals surface area contributed by atoms with Crippen LogP contribution in [0.2, 0.25) is 0 Å². The monoisotopic (exact) mass is 289 g/mol. The number of carboxylic acids is 1. The molecule has 0 radical (unpaired) electrons. The third kappa shape index (κ3) is 3.00. The second kappa shape index (κ2) is 5.62. The maximum absolute atomic E-state index is 13.6. The number of aryl methyl sites for hydroxylation is 1. The number of carboxylic acid groups (broad SMARTS) is 1. The zero-order valence-electron chi connectivity index (χ0n) is 11.1. The predicted octanol–water partition coefficient (Wildman–Crippen LogP) is 2.79. The molecule has 0 unspecified atom stereocenters. The molecule has 0 atom stereocenters. The van der Waals surface area contributed by atoms with Crippen LogP contribution < -0.4 is 5.32 Å². The molecule has 6 heteroatoms. The first kappa shape index (κ1) is 14.5. The highest BCUT2D eigenvalue weighted by molar-refractivity contribution is 6.07. The molecule has 0 aliphatic rings.